The standard InChI is InChI=1S/C16H17F3N2O4S2/c1-11(14-4-3-9-26-14)21(2)15(22)10-20-27(23,24)13-7-5-12(6-8-13)25-16(17,18)19/h3-9,11,20H,10H2,1-2H3. The highest BCUT2D eigenvalue weighted by Gasteiger charge is 2.31. The van der Waals surface area contributed by atoms with Crippen LogP contribution in [0.1, 0.15) is 17.8 Å². The molecule has 0 aliphatic heterocycles. The first-order chi connectivity index (χ1) is 12.5. The topological polar surface area (TPSA) is 75.7 Å². The van der Waals surface area contributed by atoms with Gasteiger partial charge in [-0.3, -0.25) is 4.79 Å². The van der Waals surface area contributed by atoms with Crippen LogP contribution < -0.4 is 9.46 Å². The van der Waals surface area contributed by atoms with Crippen molar-refractivity contribution in [3.8, 4) is 5.75 Å². The molecular formula is C16H17F3N2O4S2. The maximum Gasteiger partial charge on any atom is 0.573 e. The largest absolute Gasteiger partial charge is 0.573 e. The van der Waals surface area contributed by atoms with E-state index in [0.29, 0.717) is 0 Å². The van der Waals surface area contributed by atoms with Gasteiger partial charge in [0.15, 0.2) is 0 Å². The van der Waals surface area contributed by atoms with Gasteiger partial charge in [0, 0.05) is 11.9 Å². The quantitative estimate of drug-likeness (QED) is 0.744. The van der Waals surface area contributed by atoms with Crippen molar-refractivity contribution in [3.63, 3.8) is 0 Å². The third-order valence-electron chi connectivity index (χ3n) is 3.71. The summed E-state index contributed by atoms with van der Waals surface area (Å²) in [6, 6.07) is 7.19. The monoisotopic (exact) mass is 422 g/mol. The van der Waals surface area contributed by atoms with Crippen LogP contribution in [-0.4, -0.2) is 39.2 Å². The van der Waals surface area contributed by atoms with E-state index >= 15 is 0 Å². The molecule has 11 heteroatoms. The second kappa shape index (κ2) is 8.28. The smallest absolute Gasteiger partial charge is 0.406 e. The molecule has 0 aliphatic carbocycles. The summed E-state index contributed by atoms with van der Waals surface area (Å²) < 4.78 is 66.7. The van der Waals surface area contributed by atoms with E-state index in [1.807, 2.05) is 24.4 Å². The number of benzene rings is 1. The maximum atomic E-state index is 12.2. The molecule has 2 aromatic rings. The lowest BCUT2D eigenvalue weighted by Crippen LogP contribution is -2.39. The Bertz CT molecular complexity index is 866. The zero-order valence-corrected chi connectivity index (χ0v) is 16.0. The summed E-state index contributed by atoms with van der Waals surface area (Å²) >= 11 is 1.48. The van der Waals surface area contributed by atoms with E-state index in [4.69, 9.17) is 0 Å². The molecule has 6 nitrogen and oxygen atoms in total. The predicted octanol–water partition coefficient (Wildman–Crippen LogP) is 3.14. The minimum atomic E-state index is -4.87. The molecule has 1 aromatic carbocycles. The molecule has 0 aliphatic rings. The fourth-order valence-electron chi connectivity index (χ4n) is 2.12. The van der Waals surface area contributed by atoms with Gasteiger partial charge in [-0.1, -0.05) is 6.07 Å². The molecule has 1 heterocycles. The number of ether oxygens (including phenoxy) is 1. The predicted molar refractivity (Wildman–Crippen MR) is 93.8 cm³/mol. The molecule has 148 valence electrons. The summed E-state index contributed by atoms with van der Waals surface area (Å²) in [6.07, 6.45) is -4.87. The van der Waals surface area contributed by atoms with Gasteiger partial charge in [0.25, 0.3) is 0 Å². The average Bonchev–Trinajstić information content (AvgIpc) is 3.12. The van der Waals surface area contributed by atoms with Crippen LogP contribution in [0.5, 0.6) is 5.75 Å². The molecule has 1 atom stereocenters. The molecule has 1 N–H and O–H groups in total. The van der Waals surface area contributed by atoms with Gasteiger partial charge in [-0.05, 0) is 42.6 Å². The van der Waals surface area contributed by atoms with E-state index in [1.165, 1.54) is 16.2 Å². The first kappa shape index (κ1) is 21.2. The molecule has 27 heavy (non-hydrogen) atoms. The molecule has 0 saturated carbocycles. The zero-order chi connectivity index (χ0) is 20.2. The Hall–Kier alpha value is -2.11. The van der Waals surface area contributed by atoms with Gasteiger partial charge >= 0.3 is 6.36 Å². The van der Waals surface area contributed by atoms with Crippen LogP contribution in [0.3, 0.4) is 0 Å². The van der Waals surface area contributed by atoms with E-state index in [1.54, 1.807) is 7.05 Å². The van der Waals surface area contributed by atoms with Crippen molar-refractivity contribution in [1.29, 1.82) is 0 Å². The number of thiophene rings is 1. The van der Waals surface area contributed by atoms with Crippen molar-refractivity contribution in [3.05, 3.63) is 46.7 Å². The van der Waals surface area contributed by atoms with Gasteiger partial charge in [-0.25, -0.2) is 13.1 Å². The average molecular weight is 422 g/mol. The second-order valence-electron chi connectivity index (χ2n) is 5.54. The Kier molecular flexibility index (Phi) is 6.50. The molecule has 0 fully saturated rings. The zero-order valence-electron chi connectivity index (χ0n) is 14.4. The maximum absolute atomic E-state index is 12.2. The number of hydrogen-bond acceptors (Lipinski definition) is 5. The Morgan fingerprint density at radius 2 is 1.89 bits per heavy atom. The summed E-state index contributed by atoms with van der Waals surface area (Å²) in [5.74, 6) is -0.987. The third-order valence-corrected chi connectivity index (χ3v) is 6.17. The molecular weight excluding hydrogens is 405 g/mol. The number of nitrogens with zero attached hydrogens (tertiary/aromatic N) is 1. The normalized spacial score (nSPS) is 13.2. The van der Waals surface area contributed by atoms with Gasteiger partial charge in [0.1, 0.15) is 5.75 Å². The highest BCUT2D eigenvalue weighted by Crippen LogP contribution is 2.24. The minimum Gasteiger partial charge on any atom is -0.406 e. The highest BCUT2D eigenvalue weighted by molar-refractivity contribution is 7.89. The molecule has 0 spiro atoms. The lowest BCUT2D eigenvalue weighted by molar-refractivity contribution is -0.274. The van der Waals surface area contributed by atoms with Crippen LogP contribution in [0.4, 0.5) is 13.2 Å². The number of amides is 1. The summed E-state index contributed by atoms with van der Waals surface area (Å²) in [5, 5.41) is 1.87. The summed E-state index contributed by atoms with van der Waals surface area (Å²) in [7, 11) is -2.50. The fraction of sp³-hybridized carbons (Fsp3) is 0.312. The lowest BCUT2D eigenvalue weighted by atomic mass is 10.2. The summed E-state index contributed by atoms with van der Waals surface area (Å²) in [4.78, 5) is 14.3. The number of likely N-dealkylation sites (N-methyl/N-ethyl adjacent to an activating group) is 1. The Labute approximate surface area is 158 Å². The van der Waals surface area contributed by atoms with Crippen molar-refractivity contribution in [2.45, 2.75) is 24.2 Å². The molecule has 1 aromatic heterocycles. The first-order valence-corrected chi connectivity index (χ1v) is 10.0. The van der Waals surface area contributed by atoms with Crippen LogP contribution in [-0.2, 0) is 14.8 Å². The number of alkyl halides is 3. The van der Waals surface area contributed by atoms with Gasteiger partial charge in [0.2, 0.25) is 15.9 Å². The van der Waals surface area contributed by atoms with E-state index in [0.717, 1.165) is 29.1 Å². The number of hydrogen-bond donors (Lipinski definition) is 1. The van der Waals surface area contributed by atoms with Crippen molar-refractivity contribution in [1.82, 2.24) is 9.62 Å². The van der Waals surface area contributed by atoms with Crippen molar-refractivity contribution >= 4 is 27.3 Å². The molecule has 0 bridgehead atoms. The lowest BCUT2D eigenvalue weighted by Gasteiger charge is -2.24. The Morgan fingerprint density at radius 3 is 2.41 bits per heavy atom. The van der Waals surface area contributed by atoms with E-state index in [2.05, 4.69) is 9.46 Å². The van der Waals surface area contributed by atoms with Gasteiger partial charge in [-0.15, -0.1) is 24.5 Å². The van der Waals surface area contributed by atoms with E-state index < -0.39 is 34.6 Å². The van der Waals surface area contributed by atoms with Crippen LogP contribution in [0, 0.1) is 0 Å². The molecule has 1 amide bonds. The third kappa shape index (κ3) is 5.94. The summed E-state index contributed by atoms with van der Waals surface area (Å²) in [6.45, 7) is 1.34. The number of rotatable bonds is 7. The SMILES string of the molecule is CC(c1cccs1)N(C)C(=O)CNS(=O)(=O)c1ccc(OC(F)(F)F)cc1. The molecule has 2 rings (SSSR count). The summed E-state index contributed by atoms with van der Waals surface area (Å²) in [5.41, 5.74) is 0. The molecule has 1 unspecified atom stereocenters. The Balaban J connectivity index is 1.98. The molecule has 0 radical (unpaired) electrons. The van der Waals surface area contributed by atoms with Crippen molar-refractivity contribution in [2.24, 2.45) is 0 Å². The second-order valence-corrected chi connectivity index (χ2v) is 8.29. The van der Waals surface area contributed by atoms with Crippen molar-refractivity contribution < 1.29 is 31.1 Å². The van der Waals surface area contributed by atoms with Crippen LogP contribution in [0.25, 0.3) is 0 Å². The fourth-order valence-corrected chi connectivity index (χ4v) is 3.92. The van der Waals surface area contributed by atoms with E-state index in [-0.39, 0.29) is 10.9 Å². The highest BCUT2D eigenvalue weighted by atomic mass is 32.2. The minimum absolute atomic E-state index is 0.221. The van der Waals surface area contributed by atoms with Crippen LogP contribution in [0.2, 0.25) is 0 Å². The van der Waals surface area contributed by atoms with Gasteiger partial charge in [0.05, 0.1) is 17.5 Å². The van der Waals surface area contributed by atoms with Crippen LogP contribution in [0.15, 0.2) is 46.7 Å². The molecule has 0 saturated heterocycles. The Morgan fingerprint density at radius 1 is 1.26 bits per heavy atom. The van der Waals surface area contributed by atoms with E-state index in [9.17, 15) is 26.4 Å². The number of carbonyl (C=O) groups excluding carboxylic acids is 1. The first-order valence-electron chi connectivity index (χ1n) is 7.64. The van der Waals surface area contributed by atoms with Gasteiger partial charge in [-0.2, -0.15) is 0 Å². The van der Waals surface area contributed by atoms with Crippen LogP contribution >= 0.6 is 11.3 Å². The number of nitrogens with one attached hydrogen (secondary N) is 1. The number of carbonyl (C=O) groups is 1. The van der Waals surface area contributed by atoms with Crippen molar-refractivity contribution in [2.75, 3.05) is 13.6 Å². The number of halogens is 3. The number of sulfonamides is 1. The van der Waals surface area contributed by atoms with Gasteiger partial charge < -0.3 is 9.64 Å².